The molecule has 0 radical (unpaired) electrons. The molecule has 1 N–H and O–H groups in total. The van der Waals surface area contributed by atoms with Crippen LogP contribution in [0.15, 0.2) is 24.4 Å². The third kappa shape index (κ3) is 5.77. The van der Waals surface area contributed by atoms with Crippen molar-refractivity contribution < 1.29 is 9.47 Å². The van der Waals surface area contributed by atoms with Crippen LogP contribution in [0.3, 0.4) is 0 Å². The van der Waals surface area contributed by atoms with Crippen molar-refractivity contribution in [3.05, 3.63) is 51.5 Å². The van der Waals surface area contributed by atoms with Gasteiger partial charge in [-0.15, -0.1) is 10.2 Å². The van der Waals surface area contributed by atoms with Crippen LogP contribution in [-0.4, -0.2) is 43.5 Å². The lowest BCUT2D eigenvalue weighted by Crippen LogP contribution is -2.22. The van der Waals surface area contributed by atoms with Crippen LogP contribution in [0, 0.1) is 26.7 Å². The normalized spacial score (nSPS) is 20.2. The fourth-order valence-corrected chi connectivity index (χ4v) is 4.28. The Morgan fingerprint density at radius 2 is 1.91 bits per heavy atom. The van der Waals surface area contributed by atoms with Crippen molar-refractivity contribution in [3.8, 4) is 5.88 Å². The first kappa shape index (κ1) is 22.5. The molecule has 170 valence electrons. The highest BCUT2D eigenvalue weighted by Gasteiger charge is 2.55. The Morgan fingerprint density at radius 1 is 1.09 bits per heavy atom. The highest BCUT2D eigenvalue weighted by molar-refractivity contribution is 7.11. The molecule has 3 aromatic heterocycles. The lowest BCUT2D eigenvalue weighted by atomic mass is 10.2. The lowest BCUT2D eigenvalue weighted by molar-refractivity contribution is -0.0261. The smallest absolute Gasteiger partial charge is 0.218 e. The third-order valence-corrected chi connectivity index (χ3v) is 5.93. The van der Waals surface area contributed by atoms with E-state index in [9.17, 15) is 0 Å². The Bertz CT molecular complexity index is 1060. The van der Waals surface area contributed by atoms with Crippen LogP contribution in [-0.2, 0) is 11.3 Å². The maximum atomic E-state index is 6.31. The highest BCUT2D eigenvalue weighted by atomic mass is 32.1. The van der Waals surface area contributed by atoms with Crippen LogP contribution in [0.1, 0.15) is 53.8 Å². The van der Waals surface area contributed by atoms with Gasteiger partial charge in [0.1, 0.15) is 21.7 Å². The molecule has 0 bridgehead atoms. The van der Waals surface area contributed by atoms with Gasteiger partial charge in [0.05, 0.1) is 24.9 Å². The first-order valence-corrected chi connectivity index (χ1v) is 11.6. The van der Waals surface area contributed by atoms with E-state index in [2.05, 4.69) is 63.4 Å². The van der Waals surface area contributed by atoms with Crippen LogP contribution < -0.4 is 10.1 Å². The molecule has 3 heterocycles. The quantitative estimate of drug-likeness (QED) is 0.540. The Morgan fingerprint density at radius 3 is 2.56 bits per heavy atom. The van der Waals surface area contributed by atoms with E-state index in [1.165, 1.54) is 0 Å². The van der Waals surface area contributed by atoms with Gasteiger partial charge in [-0.2, -0.15) is 4.98 Å². The van der Waals surface area contributed by atoms with Gasteiger partial charge in [-0.05, 0) is 53.2 Å². The Hall–Kier alpha value is -2.65. The largest absolute Gasteiger partial charge is 0.477 e. The number of rotatable bonds is 8. The minimum atomic E-state index is -0.228. The summed E-state index contributed by atoms with van der Waals surface area (Å²) in [5.74, 6) is 2.34. The molecule has 9 heteroatoms. The van der Waals surface area contributed by atoms with E-state index in [4.69, 9.17) is 9.47 Å². The number of pyridine rings is 1. The average molecular weight is 455 g/mol. The van der Waals surface area contributed by atoms with Gasteiger partial charge in [-0.1, -0.05) is 17.4 Å². The van der Waals surface area contributed by atoms with Gasteiger partial charge < -0.3 is 14.8 Å². The van der Waals surface area contributed by atoms with E-state index >= 15 is 0 Å². The maximum absolute atomic E-state index is 6.31. The molecule has 3 aromatic rings. The topological polar surface area (TPSA) is 94.9 Å². The SMILES string of the molecule is Cc1ccc([C@H]2C(OC(C)(C)C)[C@@H]2COc2cc(NCc3nnc(C)s3)nc(C)n2)nc1. The molecule has 1 saturated carbocycles. The standard InChI is InChI=1S/C23H30N6O2S/c1-13-7-8-17(24-10-13)21-16(22(21)31-23(4,5)6)12-30-19-9-18(26-14(2)27-19)25-11-20-29-28-15(3)32-20/h7-10,16,21-22H,11-12H2,1-6H3,(H,25,26,27)/t16-,21+,22?/m1/s1. The second kappa shape index (κ2) is 9.07. The number of nitrogens with one attached hydrogen (secondary N) is 1. The molecule has 1 aliphatic rings. The van der Waals surface area contributed by atoms with Crippen LogP contribution in [0.25, 0.3) is 0 Å². The Balaban J connectivity index is 1.41. The summed E-state index contributed by atoms with van der Waals surface area (Å²) in [7, 11) is 0. The number of aromatic nitrogens is 5. The van der Waals surface area contributed by atoms with Crippen LogP contribution in [0.4, 0.5) is 5.82 Å². The molecule has 3 atom stereocenters. The van der Waals surface area contributed by atoms with Gasteiger partial charge in [0.25, 0.3) is 0 Å². The van der Waals surface area contributed by atoms with Crippen molar-refractivity contribution in [2.75, 3.05) is 11.9 Å². The van der Waals surface area contributed by atoms with Crippen molar-refractivity contribution in [2.45, 2.75) is 65.7 Å². The number of aryl methyl sites for hydroxylation is 3. The summed E-state index contributed by atoms with van der Waals surface area (Å²) >= 11 is 1.56. The van der Waals surface area contributed by atoms with E-state index in [-0.39, 0.29) is 23.5 Å². The minimum absolute atomic E-state index is 0.0754. The molecular formula is C23H30N6O2S. The minimum Gasteiger partial charge on any atom is -0.477 e. The van der Waals surface area contributed by atoms with Crippen LogP contribution >= 0.6 is 11.3 Å². The third-order valence-electron chi connectivity index (χ3n) is 5.09. The van der Waals surface area contributed by atoms with Crippen molar-refractivity contribution >= 4 is 17.2 Å². The van der Waals surface area contributed by atoms with Crippen molar-refractivity contribution in [1.82, 2.24) is 25.1 Å². The zero-order chi connectivity index (χ0) is 22.9. The van der Waals surface area contributed by atoms with Crippen molar-refractivity contribution in [3.63, 3.8) is 0 Å². The van der Waals surface area contributed by atoms with Crippen LogP contribution in [0.5, 0.6) is 5.88 Å². The van der Waals surface area contributed by atoms with Crippen molar-refractivity contribution in [1.29, 1.82) is 0 Å². The molecular weight excluding hydrogens is 424 g/mol. The molecule has 8 nitrogen and oxygen atoms in total. The van der Waals surface area contributed by atoms with Gasteiger partial charge in [0, 0.05) is 29.8 Å². The number of hydrogen-bond acceptors (Lipinski definition) is 9. The number of ether oxygens (including phenoxy) is 2. The second-order valence-corrected chi connectivity index (χ2v) is 10.4. The molecule has 0 amide bonds. The predicted molar refractivity (Wildman–Crippen MR) is 124 cm³/mol. The summed E-state index contributed by atoms with van der Waals surface area (Å²) in [5, 5.41) is 13.3. The maximum Gasteiger partial charge on any atom is 0.218 e. The van der Waals surface area contributed by atoms with E-state index in [0.29, 0.717) is 30.7 Å². The first-order valence-electron chi connectivity index (χ1n) is 10.8. The second-order valence-electron chi connectivity index (χ2n) is 9.16. The van der Waals surface area contributed by atoms with E-state index < -0.39 is 0 Å². The van der Waals surface area contributed by atoms with Gasteiger partial charge in [0.2, 0.25) is 5.88 Å². The zero-order valence-corrected chi connectivity index (χ0v) is 20.2. The summed E-state index contributed by atoms with van der Waals surface area (Å²) < 4.78 is 12.4. The summed E-state index contributed by atoms with van der Waals surface area (Å²) in [6.07, 6.45) is 1.98. The molecule has 0 aromatic carbocycles. The molecule has 0 saturated heterocycles. The molecule has 1 fully saturated rings. The molecule has 32 heavy (non-hydrogen) atoms. The van der Waals surface area contributed by atoms with Crippen LogP contribution in [0.2, 0.25) is 0 Å². The van der Waals surface area contributed by atoms with Crippen molar-refractivity contribution in [2.24, 2.45) is 5.92 Å². The monoisotopic (exact) mass is 454 g/mol. The van der Waals surface area contributed by atoms with Gasteiger partial charge in [0.15, 0.2) is 0 Å². The highest BCUT2D eigenvalue weighted by Crippen LogP contribution is 2.51. The predicted octanol–water partition coefficient (Wildman–Crippen LogP) is 4.24. The first-order chi connectivity index (χ1) is 15.2. The van der Waals surface area contributed by atoms with Gasteiger partial charge in [-0.25, -0.2) is 4.98 Å². The number of anilines is 1. The number of nitrogens with zero attached hydrogens (tertiary/aromatic N) is 5. The Kier molecular flexibility index (Phi) is 6.39. The average Bonchev–Trinajstić information content (AvgIpc) is 3.19. The fraction of sp³-hybridized carbons (Fsp3) is 0.522. The Labute approximate surface area is 192 Å². The molecule has 0 aliphatic heterocycles. The van der Waals surface area contributed by atoms with Gasteiger partial charge >= 0.3 is 0 Å². The fourth-order valence-electron chi connectivity index (χ4n) is 3.64. The summed E-state index contributed by atoms with van der Waals surface area (Å²) in [5.41, 5.74) is 1.97. The summed E-state index contributed by atoms with van der Waals surface area (Å²) in [6.45, 7) is 13.1. The molecule has 1 unspecified atom stereocenters. The van der Waals surface area contributed by atoms with Gasteiger partial charge in [-0.3, -0.25) is 4.98 Å². The molecule has 0 spiro atoms. The molecule has 1 aliphatic carbocycles. The summed E-state index contributed by atoms with van der Waals surface area (Å²) in [6, 6.07) is 6.00. The zero-order valence-electron chi connectivity index (χ0n) is 19.4. The van der Waals surface area contributed by atoms with E-state index in [1.807, 2.05) is 33.0 Å². The molecule has 4 rings (SSSR count). The number of hydrogen-bond donors (Lipinski definition) is 1. The summed E-state index contributed by atoms with van der Waals surface area (Å²) in [4.78, 5) is 13.5. The van der Waals surface area contributed by atoms with E-state index in [1.54, 1.807) is 11.3 Å². The lowest BCUT2D eigenvalue weighted by Gasteiger charge is -2.20. The van der Waals surface area contributed by atoms with E-state index in [0.717, 1.165) is 21.3 Å².